The maximum atomic E-state index is 13.1. The quantitative estimate of drug-likeness (QED) is 0.413. The normalized spacial score (nSPS) is 11.6. The van der Waals surface area contributed by atoms with Crippen LogP contribution in [0.25, 0.3) is 23.3 Å². The molecule has 0 spiro atoms. The Morgan fingerprint density at radius 1 is 1.15 bits per heavy atom. The summed E-state index contributed by atoms with van der Waals surface area (Å²) in [6.07, 6.45) is 8.97. The molecule has 0 bridgehead atoms. The van der Waals surface area contributed by atoms with E-state index in [9.17, 15) is 19.5 Å². The summed E-state index contributed by atoms with van der Waals surface area (Å²) in [5, 5.41) is 12.2. The molecule has 0 aliphatic rings. The molecular weight excluding hydrogens is 443 g/mol. The van der Waals surface area contributed by atoms with Crippen molar-refractivity contribution in [3.63, 3.8) is 0 Å². The van der Waals surface area contributed by atoms with Gasteiger partial charge < -0.3 is 16.8 Å². The van der Waals surface area contributed by atoms with E-state index in [4.69, 9.17) is 0 Å². The molecule has 8 heteroatoms. The molecule has 0 radical (unpaired) electrons. The number of rotatable bonds is 9. The Morgan fingerprint density at radius 2 is 1.91 bits per heavy atom. The number of aliphatic carboxylic acids is 1. The maximum Gasteiger partial charge on any atom is 1.00 e. The Labute approximate surface area is 216 Å². The molecule has 1 atom stereocenters. The second-order valence-electron chi connectivity index (χ2n) is 7.56. The summed E-state index contributed by atoms with van der Waals surface area (Å²) in [4.78, 5) is 39.6. The zero-order chi connectivity index (χ0) is 23.8. The summed E-state index contributed by atoms with van der Waals surface area (Å²) in [7, 11) is 0. The second kappa shape index (κ2) is 13.0. The zero-order valence-corrected chi connectivity index (χ0v) is 20.3. The first-order valence-corrected chi connectivity index (χ1v) is 11.9. The van der Waals surface area contributed by atoms with Crippen molar-refractivity contribution in [2.45, 2.75) is 19.4 Å². The average molecular weight is 471 g/mol. The third-order valence-electron chi connectivity index (χ3n) is 5.25. The van der Waals surface area contributed by atoms with Crippen LogP contribution >= 0.6 is 11.8 Å². The topological polar surface area (TPSA) is 99.3 Å². The summed E-state index contributed by atoms with van der Waals surface area (Å²) >= 11 is 1.53. The van der Waals surface area contributed by atoms with Crippen LogP contribution in [0.3, 0.4) is 0 Å². The molecule has 3 aromatic rings. The second-order valence-corrected chi connectivity index (χ2v) is 8.55. The van der Waals surface area contributed by atoms with Gasteiger partial charge in [0.15, 0.2) is 5.43 Å². The largest absolute Gasteiger partial charge is 1.00 e. The van der Waals surface area contributed by atoms with E-state index in [2.05, 4.69) is 10.3 Å². The minimum atomic E-state index is -1.05. The number of thioether (sulfide) groups is 1. The van der Waals surface area contributed by atoms with E-state index in [0.717, 1.165) is 16.7 Å². The van der Waals surface area contributed by atoms with E-state index in [1.807, 2.05) is 49.6 Å². The standard InChI is InChI=1S/C26H26N2O4S.Li.H/c1-17-5-3-4-6-20(17)22-15-18(7-9-19-16-27-13-11-24(19)29)8-10-21(22)25(30)28-23(26(31)32)12-14-33-2;;/h3-11,13,15-16,23H,12,14H2,1-2H3,(H,27,29)(H,28,30)(H,31,32);;/q;+1;-1. The van der Waals surface area contributed by atoms with Crippen molar-refractivity contribution in [3.05, 3.63) is 93.4 Å². The molecule has 1 amide bonds. The van der Waals surface area contributed by atoms with E-state index in [0.29, 0.717) is 28.9 Å². The Balaban J connectivity index is 0.00000306. The Kier molecular flexibility index (Phi) is 10.5. The Morgan fingerprint density at radius 3 is 2.59 bits per heavy atom. The van der Waals surface area contributed by atoms with E-state index >= 15 is 0 Å². The molecule has 3 N–H and O–H groups in total. The number of hydrogen-bond donors (Lipinski definition) is 3. The predicted octanol–water partition coefficient (Wildman–Crippen LogP) is 1.57. The number of aryl methyl sites for hydroxylation is 1. The van der Waals surface area contributed by atoms with Crippen molar-refractivity contribution in [3.8, 4) is 11.1 Å². The van der Waals surface area contributed by atoms with Gasteiger partial charge in [-0.05, 0) is 65.8 Å². The van der Waals surface area contributed by atoms with Crippen LogP contribution in [-0.4, -0.2) is 40.0 Å². The van der Waals surface area contributed by atoms with Crippen molar-refractivity contribution in [1.82, 2.24) is 10.3 Å². The number of H-pyrrole nitrogens is 1. The molecular formula is C26H27LiN2O4S. The number of aromatic nitrogens is 1. The van der Waals surface area contributed by atoms with Gasteiger partial charge >= 0.3 is 24.8 Å². The predicted molar refractivity (Wildman–Crippen MR) is 136 cm³/mol. The summed E-state index contributed by atoms with van der Waals surface area (Å²) in [5.41, 5.74) is 4.21. The number of nitrogens with one attached hydrogen (secondary N) is 2. The fraction of sp³-hybridized carbons (Fsp3) is 0.192. The number of carboxylic acids is 1. The van der Waals surface area contributed by atoms with Crippen molar-refractivity contribution in [2.24, 2.45) is 0 Å². The van der Waals surface area contributed by atoms with Gasteiger partial charge in [-0.15, -0.1) is 0 Å². The minimum Gasteiger partial charge on any atom is -1.00 e. The average Bonchev–Trinajstić information content (AvgIpc) is 2.81. The summed E-state index contributed by atoms with van der Waals surface area (Å²) < 4.78 is 0. The fourth-order valence-corrected chi connectivity index (χ4v) is 3.91. The first-order valence-electron chi connectivity index (χ1n) is 10.5. The number of amides is 1. The molecule has 6 nitrogen and oxygen atoms in total. The van der Waals surface area contributed by atoms with Crippen LogP contribution in [0.15, 0.2) is 65.7 Å². The number of carbonyl (C=O) groups excluding carboxylic acids is 1. The molecule has 0 aliphatic heterocycles. The molecule has 3 rings (SSSR count). The zero-order valence-electron chi connectivity index (χ0n) is 20.5. The van der Waals surface area contributed by atoms with Crippen LogP contribution in [-0.2, 0) is 4.79 Å². The molecule has 0 aliphatic carbocycles. The Bertz CT molecular complexity index is 1250. The van der Waals surface area contributed by atoms with Gasteiger partial charge in [0.05, 0.1) is 0 Å². The fourth-order valence-electron chi connectivity index (χ4n) is 3.44. The maximum absolute atomic E-state index is 13.1. The number of carbonyl (C=O) groups is 2. The van der Waals surface area contributed by atoms with Gasteiger partial charge in [-0.2, -0.15) is 11.8 Å². The van der Waals surface area contributed by atoms with Gasteiger partial charge in [0.25, 0.3) is 5.91 Å². The molecule has 1 aromatic heterocycles. The number of aromatic amines is 1. The van der Waals surface area contributed by atoms with Gasteiger partial charge in [-0.3, -0.25) is 9.59 Å². The smallest absolute Gasteiger partial charge is 1.00 e. The number of carboxylic acid groups (broad SMARTS) is 1. The SMILES string of the molecule is CSCCC(NC(=O)c1ccc(C=Cc2c[nH]ccc2=O)cc1-c1ccccc1C)C(=O)O.[H-].[Li+]. The third-order valence-corrected chi connectivity index (χ3v) is 5.89. The molecule has 1 heterocycles. The van der Waals surface area contributed by atoms with Crippen LogP contribution < -0.4 is 29.6 Å². The van der Waals surface area contributed by atoms with Crippen molar-refractivity contribution < 1.29 is 35.0 Å². The van der Waals surface area contributed by atoms with Crippen LogP contribution in [0.5, 0.6) is 0 Å². The number of pyridine rings is 1. The first kappa shape index (κ1) is 27.3. The van der Waals surface area contributed by atoms with Crippen LogP contribution in [0.4, 0.5) is 0 Å². The van der Waals surface area contributed by atoms with E-state index in [-0.39, 0.29) is 25.7 Å². The van der Waals surface area contributed by atoms with Gasteiger partial charge in [0, 0.05) is 29.6 Å². The van der Waals surface area contributed by atoms with Gasteiger partial charge in [-0.1, -0.05) is 36.4 Å². The van der Waals surface area contributed by atoms with Crippen molar-refractivity contribution in [2.75, 3.05) is 12.0 Å². The van der Waals surface area contributed by atoms with E-state index < -0.39 is 17.9 Å². The van der Waals surface area contributed by atoms with Gasteiger partial charge in [0.1, 0.15) is 6.04 Å². The molecule has 0 fully saturated rings. The van der Waals surface area contributed by atoms with Gasteiger partial charge in [0.2, 0.25) is 0 Å². The molecule has 0 saturated heterocycles. The molecule has 2 aromatic carbocycles. The van der Waals surface area contributed by atoms with Crippen LogP contribution in [0.2, 0.25) is 0 Å². The van der Waals surface area contributed by atoms with Crippen molar-refractivity contribution >= 4 is 35.8 Å². The summed E-state index contributed by atoms with van der Waals surface area (Å²) in [5.74, 6) is -0.858. The van der Waals surface area contributed by atoms with Crippen LogP contribution in [0.1, 0.15) is 34.9 Å². The monoisotopic (exact) mass is 470 g/mol. The van der Waals surface area contributed by atoms with Gasteiger partial charge in [-0.25, -0.2) is 4.79 Å². The molecule has 172 valence electrons. The Hall–Kier alpha value is -2.98. The summed E-state index contributed by atoms with van der Waals surface area (Å²) in [6, 6.07) is 13.6. The number of benzene rings is 2. The summed E-state index contributed by atoms with van der Waals surface area (Å²) in [6.45, 7) is 1.96. The molecule has 0 saturated carbocycles. The number of hydrogen-bond acceptors (Lipinski definition) is 4. The van der Waals surface area contributed by atoms with E-state index in [1.165, 1.54) is 17.8 Å². The molecule has 34 heavy (non-hydrogen) atoms. The van der Waals surface area contributed by atoms with Crippen molar-refractivity contribution in [1.29, 1.82) is 0 Å². The third kappa shape index (κ3) is 7.01. The molecule has 1 unspecified atom stereocenters. The first-order chi connectivity index (χ1) is 15.9. The van der Waals surface area contributed by atoms with Crippen LogP contribution in [0, 0.1) is 6.92 Å². The minimum absolute atomic E-state index is 0. The van der Waals surface area contributed by atoms with E-state index in [1.54, 1.807) is 30.6 Å².